The number of phenols is 2. The third-order valence-electron chi connectivity index (χ3n) is 2.30. The van der Waals surface area contributed by atoms with Crippen molar-refractivity contribution in [2.75, 3.05) is 5.73 Å². The average molecular weight is 421 g/mol. The van der Waals surface area contributed by atoms with Crippen LogP contribution in [0.25, 0.3) is 0 Å². The van der Waals surface area contributed by atoms with Crippen molar-refractivity contribution in [3.05, 3.63) is 26.3 Å². The lowest BCUT2D eigenvalue weighted by molar-refractivity contribution is 0.0946. The number of anilines is 1. The van der Waals surface area contributed by atoms with Gasteiger partial charge in [-0.15, -0.1) is 0 Å². The number of nitrogens with one attached hydrogen (secondary N) is 1. The van der Waals surface area contributed by atoms with Crippen LogP contribution in [-0.2, 0) is 0 Å². The Hall–Kier alpha value is -2.14. The molecule has 0 unspecified atom stereocenters. The maximum Gasteiger partial charge on any atom is 0.297 e. The van der Waals surface area contributed by atoms with Gasteiger partial charge in [0.2, 0.25) is 11.5 Å². The molecule has 0 atom stereocenters. The highest BCUT2D eigenvalue weighted by Crippen LogP contribution is 2.40. The van der Waals surface area contributed by atoms with Crippen molar-refractivity contribution < 1.29 is 19.6 Å². The van der Waals surface area contributed by atoms with E-state index in [1.165, 1.54) is 12.3 Å². The minimum absolute atomic E-state index is 0.0922. The molecule has 2 rings (SSSR count). The maximum atomic E-state index is 11.6. The zero-order valence-corrected chi connectivity index (χ0v) is 13.2. The van der Waals surface area contributed by atoms with Crippen LogP contribution < -0.4 is 11.2 Å². The van der Waals surface area contributed by atoms with Gasteiger partial charge in [0.25, 0.3) is 5.91 Å². The molecule has 5 N–H and O–H groups in total. The van der Waals surface area contributed by atoms with Crippen LogP contribution in [-0.4, -0.2) is 32.6 Å². The molecule has 2 aromatic rings. The Labute approximate surface area is 134 Å². The van der Waals surface area contributed by atoms with E-state index in [-0.39, 0.29) is 33.0 Å². The summed E-state index contributed by atoms with van der Waals surface area (Å²) in [6.07, 6.45) is 1.17. The highest BCUT2D eigenvalue weighted by molar-refractivity contribution is 9.11. The van der Waals surface area contributed by atoms with E-state index in [1.807, 2.05) is 0 Å². The Morgan fingerprint density at radius 3 is 2.71 bits per heavy atom. The van der Waals surface area contributed by atoms with Crippen LogP contribution >= 0.6 is 31.9 Å². The molecule has 21 heavy (non-hydrogen) atoms. The van der Waals surface area contributed by atoms with Gasteiger partial charge in [0, 0.05) is 5.56 Å². The second kappa shape index (κ2) is 6.10. The molecule has 0 spiro atoms. The van der Waals surface area contributed by atoms with Crippen LogP contribution in [0.4, 0.5) is 5.82 Å². The lowest BCUT2D eigenvalue weighted by atomic mass is 10.2. The van der Waals surface area contributed by atoms with E-state index in [4.69, 9.17) is 5.73 Å². The largest absolute Gasteiger partial charge is 0.506 e. The summed E-state index contributed by atoms with van der Waals surface area (Å²) in [6.45, 7) is 0. The van der Waals surface area contributed by atoms with Gasteiger partial charge < -0.3 is 15.9 Å². The molecular weight excluding hydrogens is 414 g/mol. The summed E-state index contributed by atoms with van der Waals surface area (Å²) < 4.78 is 4.71. The van der Waals surface area contributed by atoms with Gasteiger partial charge in [0.15, 0.2) is 0 Å². The van der Waals surface area contributed by atoms with Crippen molar-refractivity contribution >= 4 is 49.8 Å². The molecule has 0 radical (unpaired) electrons. The minimum atomic E-state index is -0.721. The summed E-state index contributed by atoms with van der Waals surface area (Å²) in [5, 5.41) is 29.6. The second-order valence-electron chi connectivity index (χ2n) is 3.66. The number of aromatic hydroxyl groups is 2. The predicted molar refractivity (Wildman–Crippen MR) is 78.9 cm³/mol. The number of carbonyl (C=O) groups excluding carboxylic acids is 1. The zero-order chi connectivity index (χ0) is 15.6. The molecule has 11 heteroatoms. The highest BCUT2D eigenvalue weighted by atomic mass is 79.9. The lowest BCUT2D eigenvalue weighted by Gasteiger charge is -2.06. The quantitative estimate of drug-likeness (QED) is 0.432. The first kappa shape index (κ1) is 15.3. The van der Waals surface area contributed by atoms with E-state index < -0.39 is 5.91 Å². The first-order chi connectivity index (χ1) is 9.91. The number of carbonyl (C=O) groups is 1. The normalized spacial score (nSPS) is 11.0. The molecule has 1 heterocycles. The SMILES string of the molecule is Nc1nonc1C(=O)N/N=C/c1cc(Br)c(O)c(Br)c1O. The molecule has 0 aliphatic carbocycles. The third-order valence-corrected chi connectivity index (χ3v) is 3.65. The summed E-state index contributed by atoms with van der Waals surface area (Å²) in [5.74, 6) is -1.28. The molecule has 1 amide bonds. The van der Waals surface area contributed by atoms with Gasteiger partial charge in [-0.2, -0.15) is 5.10 Å². The van der Waals surface area contributed by atoms with Crippen LogP contribution in [0.5, 0.6) is 11.5 Å². The molecule has 9 nitrogen and oxygen atoms in total. The highest BCUT2D eigenvalue weighted by Gasteiger charge is 2.16. The standard InChI is InChI=1S/C10H7Br2N5O4/c11-4-1-3(7(18)5(12)8(4)19)2-14-15-10(20)6-9(13)17-21-16-6/h1-2,18-19H,(H2,13,17)(H,15,20)/b14-2+. The van der Waals surface area contributed by atoms with E-state index in [9.17, 15) is 15.0 Å². The smallest absolute Gasteiger partial charge is 0.297 e. The van der Waals surface area contributed by atoms with Gasteiger partial charge in [-0.3, -0.25) is 4.79 Å². The van der Waals surface area contributed by atoms with Gasteiger partial charge in [-0.25, -0.2) is 10.1 Å². The van der Waals surface area contributed by atoms with E-state index in [2.05, 4.69) is 57.3 Å². The number of halogens is 2. The monoisotopic (exact) mass is 419 g/mol. The fourth-order valence-electron chi connectivity index (χ4n) is 1.28. The molecule has 0 fully saturated rings. The minimum Gasteiger partial charge on any atom is -0.506 e. The van der Waals surface area contributed by atoms with Gasteiger partial charge in [-0.1, -0.05) is 0 Å². The van der Waals surface area contributed by atoms with E-state index in [0.29, 0.717) is 4.47 Å². The number of nitrogens with zero attached hydrogens (tertiary/aromatic N) is 3. The fourth-order valence-corrected chi connectivity index (χ4v) is 2.44. The average Bonchev–Trinajstić information content (AvgIpc) is 2.88. The number of benzene rings is 1. The van der Waals surface area contributed by atoms with Gasteiger partial charge in [0.1, 0.15) is 16.0 Å². The van der Waals surface area contributed by atoms with Crippen LogP contribution in [0.3, 0.4) is 0 Å². The van der Waals surface area contributed by atoms with Crippen molar-refractivity contribution in [1.29, 1.82) is 0 Å². The molecule has 0 saturated heterocycles. The summed E-state index contributed by atoms with van der Waals surface area (Å²) >= 11 is 6.12. The number of aromatic nitrogens is 2. The number of nitrogens with two attached hydrogens (primary N) is 1. The number of phenolic OH excluding ortho intramolecular Hbond substituents is 2. The lowest BCUT2D eigenvalue weighted by Crippen LogP contribution is -2.19. The molecule has 1 aromatic carbocycles. The molecule has 1 aromatic heterocycles. The van der Waals surface area contributed by atoms with Gasteiger partial charge in [-0.05, 0) is 48.2 Å². The Balaban J connectivity index is 2.16. The van der Waals surface area contributed by atoms with Crippen molar-refractivity contribution in [2.24, 2.45) is 5.10 Å². The van der Waals surface area contributed by atoms with Crippen molar-refractivity contribution in [1.82, 2.24) is 15.7 Å². The topological polar surface area (TPSA) is 147 Å². The molecule has 0 bridgehead atoms. The summed E-state index contributed by atoms with van der Waals surface area (Å²) in [7, 11) is 0. The number of nitrogen functional groups attached to an aromatic ring is 1. The second-order valence-corrected chi connectivity index (χ2v) is 5.30. The number of amides is 1. The maximum absolute atomic E-state index is 11.6. The van der Waals surface area contributed by atoms with Crippen LogP contribution in [0.2, 0.25) is 0 Å². The summed E-state index contributed by atoms with van der Waals surface area (Å²) in [4.78, 5) is 11.6. The molecular formula is C10H7Br2N5O4. The number of hydrazone groups is 1. The Kier molecular flexibility index (Phi) is 4.43. The van der Waals surface area contributed by atoms with Crippen LogP contribution in [0, 0.1) is 0 Å². The van der Waals surface area contributed by atoms with E-state index in [1.54, 1.807) is 0 Å². The molecule has 110 valence electrons. The predicted octanol–water partition coefficient (Wildman–Crippen LogP) is 1.35. The van der Waals surface area contributed by atoms with Gasteiger partial charge >= 0.3 is 0 Å². The zero-order valence-electron chi connectivity index (χ0n) is 10.0. The number of hydrogen-bond acceptors (Lipinski definition) is 8. The summed E-state index contributed by atoms with van der Waals surface area (Å²) in [5.41, 5.74) is 7.53. The molecule has 0 aliphatic rings. The van der Waals surface area contributed by atoms with E-state index >= 15 is 0 Å². The van der Waals surface area contributed by atoms with Crippen LogP contribution in [0.15, 0.2) is 24.7 Å². The van der Waals surface area contributed by atoms with Crippen LogP contribution in [0.1, 0.15) is 16.1 Å². The van der Waals surface area contributed by atoms with Gasteiger partial charge in [0.05, 0.1) is 10.7 Å². The Morgan fingerprint density at radius 1 is 1.38 bits per heavy atom. The van der Waals surface area contributed by atoms with Crippen molar-refractivity contribution in [3.8, 4) is 11.5 Å². The first-order valence-electron chi connectivity index (χ1n) is 5.23. The first-order valence-corrected chi connectivity index (χ1v) is 6.81. The third kappa shape index (κ3) is 3.13. The molecule has 0 aliphatic heterocycles. The number of rotatable bonds is 3. The molecule has 0 saturated carbocycles. The fraction of sp³-hybridized carbons (Fsp3) is 0. The Bertz CT molecular complexity index is 730. The Morgan fingerprint density at radius 2 is 2.10 bits per heavy atom. The summed E-state index contributed by atoms with van der Waals surface area (Å²) in [6, 6.07) is 1.41. The van der Waals surface area contributed by atoms with E-state index in [0.717, 1.165) is 0 Å². The number of hydrogen-bond donors (Lipinski definition) is 4. The van der Waals surface area contributed by atoms with Crippen molar-refractivity contribution in [2.45, 2.75) is 0 Å². The van der Waals surface area contributed by atoms with Crippen molar-refractivity contribution in [3.63, 3.8) is 0 Å².